The number of nitrogens with zero attached hydrogens (tertiary/aromatic N) is 2. The Morgan fingerprint density at radius 1 is 1.05 bits per heavy atom. The van der Waals surface area contributed by atoms with Gasteiger partial charge in [0.1, 0.15) is 5.41 Å². The van der Waals surface area contributed by atoms with E-state index in [9.17, 15) is 14.4 Å². The number of benzene rings is 1. The molecule has 0 aromatic heterocycles. The van der Waals surface area contributed by atoms with E-state index in [1.54, 1.807) is 34.0 Å². The fourth-order valence-electron chi connectivity index (χ4n) is 2.36. The number of anilines is 2. The van der Waals surface area contributed by atoms with Gasteiger partial charge in [-0.1, -0.05) is 0 Å². The number of fused-ring (bicyclic) bond motifs is 1. The van der Waals surface area contributed by atoms with Crippen LogP contribution in [0.1, 0.15) is 24.2 Å². The molecular weight excluding hydrogens is 260 g/mol. The first-order chi connectivity index (χ1) is 9.17. The monoisotopic (exact) mass is 276 g/mol. The van der Waals surface area contributed by atoms with Crippen molar-refractivity contribution in [3.05, 3.63) is 23.8 Å². The molecule has 20 heavy (non-hydrogen) atoms. The molecule has 0 spiro atoms. The molecule has 2 rings (SSSR count). The minimum atomic E-state index is -1.19. The Bertz CT molecular complexity index is 622. The average Bonchev–Trinajstić information content (AvgIpc) is 2.46. The number of carbonyl (C=O) groups excluding carboxylic acids is 2. The number of rotatable bonds is 1. The summed E-state index contributed by atoms with van der Waals surface area (Å²) in [6.45, 7) is 3.13. The SMILES string of the molecule is CN1C(=O)C(C)(C)C(=O)N(C)c2cc(C(=O)O)ccc21. The number of hydrogen-bond donors (Lipinski definition) is 1. The molecule has 1 aromatic rings. The van der Waals surface area contributed by atoms with Crippen molar-refractivity contribution < 1.29 is 19.5 Å². The standard InChI is InChI=1S/C14H16N2O4/c1-14(2)12(19)15(3)9-6-5-8(11(17)18)7-10(9)16(4)13(14)20/h5-7H,1-4H3,(H,17,18). The normalized spacial score (nSPS) is 17.8. The second-order valence-electron chi connectivity index (χ2n) is 5.36. The molecule has 0 aliphatic carbocycles. The quantitative estimate of drug-likeness (QED) is 0.785. The molecule has 0 unspecified atom stereocenters. The smallest absolute Gasteiger partial charge is 0.335 e. The van der Waals surface area contributed by atoms with Crippen LogP contribution < -0.4 is 9.80 Å². The maximum absolute atomic E-state index is 12.4. The molecule has 1 heterocycles. The lowest BCUT2D eigenvalue weighted by Gasteiger charge is -2.25. The van der Waals surface area contributed by atoms with Gasteiger partial charge in [0.15, 0.2) is 0 Å². The molecule has 0 atom stereocenters. The number of carboxylic acid groups (broad SMARTS) is 1. The summed E-state index contributed by atoms with van der Waals surface area (Å²) >= 11 is 0. The lowest BCUT2D eigenvalue weighted by atomic mass is 9.90. The van der Waals surface area contributed by atoms with Gasteiger partial charge in [0.25, 0.3) is 0 Å². The van der Waals surface area contributed by atoms with Gasteiger partial charge in [-0.3, -0.25) is 9.59 Å². The van der Waals surface area contributed by atoms with Crippen molar-refractivity contribution >= 4 is 29.2 Å². The van der Waals surface area contributed by atoms with Gasteiger partial charge in [-0.05, 0) is 32.0 Å². The van der Waals surface area contributed by atoms with Crippen LogP contribution in [0.3, 0.4) is 0 Å². The van der Waals surface area contributed by atoms with Crippen LogP contribution in [0.4, 0.5) is 11.4 Å². The van der Waals surface area contributed by atoms with E-state index in [0.717, 1.165) is 0 Å². The molecule has 0 saturated heterocycles. The molecule has 0 saturated carbocycles. The van der Waals surface area contributed by atoms with Crippen LogP contribution in [0.15, 0.2) is 18.2 Å². The lowest BCUT2D eigenvalue weighted by molar-refractivity contribution is -0.137. The first-order valence-electron chi connectivity index (χ1n) is 6.11. The van der Waals surface area contributed by atoms with Gasteiger partial charge in [0.05, 0.1) is 16.9 Å². The third kappa shape index (κ3) is 1.84. The summed E-state index contributed by atoms with van der Waals surface area (Å²) in [5, 5.41) is 9.05. The number of aromatic carboxylic acids is 1. The van der Waals surface area contributed by atoms with Crippen molar-refractivity contribution in [1.82, 2.24) is 0 Å². The van der Waals surface area contributed by atoms with Crippen LogP contribution in [0, 0.1) is 5.41 Å². The molecule has 6 heteroatoms. The Balaban J connectivity index is 2.69. The zero-order valence-corrected chi connectivity index (χ0v) is 11.8. The van der Waals surface area contributed by atoms with E-state index in [4.69, 9.17) is 5.11 Å². The fourth-order valence-corrected chi connectivity index (χ4v) is 2.36. The summed E-state index contributed by atoms with van der Waals surface area (Å²) in [6.07, 6.45) is 0. The van der Waals surface area contributed by atoms with Gasteiger partial charge in [0, 0.05) is 14.1 Å². The molecule has 0 radical (unpaired) electrons. The van der Waals surface area contributed by atoms with Gasteiger partial charge in [-0.15, -0.1) is 0 Å². The Hall–Kier alpha value is -2.37. The van der Waals surface area contributed by atoms with Crippen LogP contribution in [-0.4, -0.2) is 37.0 Å². The van der Waals surface area contributed by atoms with Crippen LogP contribution in [0.2, 0.25) is 0 Å². The van der Waals surface area contributed by atoms with Crippen LogP contribution in [0.25, 0.3) is 0 Å². The zero-order valence-electron chi connectivity index (χ0n) is 11.8. The molecule has 106 valence electrons. The predicted molar refractivity (Wildman–Crippen MR) is 74.0 cm³/mol. The van der Waals surface area contributed by atoms with Gasteiger partial charge in [-0.25, -0.2) is 4.79 Å². The van der Waals surface area contributed by atoms with E-state index in [-0.39, 0.29) is 17.4 Å². The van der Waals surface area contributed by atoms with E-state index in [1.807, 2.05) is 0 Å². The van der Waals surface area contributed by atoms with Crippen molar-refractivity contribution in [2.24, 2.45) is 5.41 Å². The van der Waals surface area contributed by atoms with Gasteiger partial charge >= 0.3 is 5.97 Å². The molecule has 1 N–H and O–H groups in total. The third-order valence-corrected chi connectivity index (χ3v) is 3.62. The summed E-state index contributed by atoms with van der Waals surface area (Å²) in [4.78, 5) is 38.5. The summed E-state index contributed by atoms with van der Waals surface area (Å²) in [7, 11) is 3.12. The van der Waals surface area contributed by atoms with Crippen molar-refractivity contribution in [3.8, 4) is 0 Å². The highest BCUT2D eigenvalue weighted by atomic mass is 16.4. The van der Waals surface area contributed by atoms with E-state index < -0.39 is 11.4 Å². The van der Waals surface area contributed by atoms with Gasteiger partial charge in [0.2, 0.25) is 11.8 Å². The Kier molecular flexibility index (Phi) is 3.04. The van der Waals surface area contributed by atoms with Crippen molar-refractivity contribution in [2.45, 2.75) is 13.8 Å². The molecule has 0 bridgehead atoms. The Labute approximate surface area is 116 Å². The third-order valence-electron chi connectivity index (χ3n) is 3.62. The van der Waals surface area contributed by atoms with E-state index in [0.29, 0.717) is 11.4 Å². The largest absolute Gasteiger partial charge is 0.478 e. The van der Waals surface area contributed by atoms with Crippen LogP contribution in [-0.2, 0) is 9.59 Å². The second kappa shape index (κ2) is 4.33. The van der Waals surface area contributed by atoms with Crippen LogP contribution >= 0.6 is 0 Å². The first kappa shape index (κ1) is 14.0. The number of hydrogen-bond acceptors (Lipinski definition) is 3. The van der Waals surface area contributed by atoms with E-state index in [2.05, 4.69) is 0 Å². The highest BCUT2D eigenvalue weighted by Gasteiger charge is 2.44. The van der Waals surface area contributed by atoms with Gasteiger partial charge in [-0.2, -0.15) is 0 Å². The summed E-state index contributed by atoms with van der Waals surface area (Å²) in [6, 6.07) is 4.37. The molecule has 6 nitrogen and oxygen atoms in total. The number of carboxylic acids is 1. The topological polar surface area (TPSA) is 77.9 Å². The molecule has 0 fully saturated rings. The minimum Gasteiger partial charge on any atom is -0.478 e. The summed E-state index contributed by atoms with van der Waals surface area (Å²) in [5.41, 5.74) is -0.187. The summed E-state index contributed by atoms with van der Waals surface area (Å²) in [5.74, 6) is -1.77. The lowest BCUT2D eigenvalue weighted by Crippen LogP contribution is -2.46. The number of amides is 2. The molecule has 2 amide bonds. The molecule has 1 aliphatic rings. The highest BCUT2D eigenvalue weighted by Crippen LogP contribution is 2.37. The first-order valence-corrected chi connectivity index (χ1v) is 6.11. The van der Waals surface area contributed by atoms with Crippen molar-refractivity contribution in [1.29, 1.82) is 0 Å². The number of carbonyl (C=O) groups is 3. The van der Waals surface area contributed by atoms with Crippen molar-refractivity contribution in [2.75, 3.05) is 23.9 Å². The summed E-state index contributed by atoms with van der Waals surface area (Å²) < 4.78 is 0. The maximum Gasteiger partial charge on any atom is 0.335 e. The fraction of sp³-hybridized carbons (Fsp3) is 0.357. The average molecular weight is 276 g/mol. The Morgan fingerprint density at radius 3 is 2.05 bits per heavy atom. The second-order valence-corrected chi connectivity index (χ2v) is 5.36. The minimum absolute atomic E-state index is 0.0731. The van der Waals surface area contributed by atoms with Gasteiger partial charge < -0.3 is 14.9 Å². The van der Waals surface area contributed by atoms with E-state index >= 15 is 0 Å². The van der Waals surface area contributed by atoms with E-state index in [1.165, 1.54) is 21.9 Å². The molecule has 1 aliphatic heterocycles. The Morgan fingerprint density at radius 2 is 1.55 bits per heavy atom. The predicted octanol–water partition coefficient (Wildman–Crippen LogP) is 1.35. The molecule has 1 aromatic carbocycles. The molecular formula is C14H16N2O4. The zero-order chi connectivity index (χ0) is 15.2. The van der Waals surface area contributed by atoms with Crippen molar-refractivity contribution in [3.63, 3.8) is 0 Å². The van der Waals surface area contributed by atoms with Crippen LogP contribution in [0.5, 0.6) is 0 Å². The highest BCUT2D eigenvalue weighted by molar-refractivity contribution is 6.20. The maximum atomic E-state index is 12.4.